The lowest BCUT2D eigenvalue weighted by molar-refractivity contribution is 0.00511. The van der Waals surface area contributed by atoms with Gasteiger partial charge in [-0.3, -0.25) is 0 Å². The average molecular weight is 294 g/mol. The van der Waals surface area contributed by atoms with Gasteiger partial charge in [0.2, 0.25) is 6.08 Å². The molecule has 0 unspecified atom stereocenters. The topological polar surface area (TPSA) is 59.0 Å². The van der Waals surface area contributed by atoms with E-state index in [4.69, 9.17) is 4.74 Å². The van der Waals surface area contributed by atoms with E-state index in [1.807, 2.05) is 20.8 Å². The highest BCUT2D eigenvalue weighted by molar-refractivity contribution is 5.68. The summed E-state index contributed by atoms with van der Waals surface area (Å²) in [5.41, 5.74) is -0.665. The van der Waals surface area contributed by atoms with E-state index in [0.717, 1.165) is 25.7 Å². The number of piperidine rings is 1. The zero-order valence-corrected chi connectivity index (χ0v) is 13.5. The summed E-state index contributed by atoms with van der Waals surface area (Å²) in [5, 5.41) is 0. The minimum Gasteiger partial charge on any atom is -0.444 e. The van der Waals surface area contributed by atoms with Crippen molar-refractivity contribution in [2.24, 2.45) is 16.8 Å². The van der Waals surface area contributed by atoms with Gasteiger partial charge < -0.3 is 9.64 Å². The van der Waals surface area contributed by atoms with Gasteiger partial charge in [0.05, 0.1) is 5.54 Å². The molecule has 1 heterocycles. The first-order valence-electron chi connectivity index (χ1n) is 7.83. The molecule has 2 aliphatic rings. The molecule has 1 saturated heterocycles. The van der Waals surface area contributed by atoms with E-state index < -0.39 is 5.60 Å². The second kappa shape index (κ2) is 5.80. The van der Waals surface area contributed by atoms with Gasteiger partial charge in [0, 0.05) is 13.1 Å². The first-order chi connectivity index (χ1) is 9.76. The van der Waals surface area contributed by atoms with Gasteiger partial charge >= 0.3 is 6.09 Å². The zero-order valence-electron chi connectivity index (χ0n) is 13.5. The molecule has 0 bridgehead atoms. The molecule has 0 aromatic heterocycles. The number of hydrogen-bond donors (Lipinski definition) is 0. The number of amides is 1. The first-order valence-corrected chi connectivity index (χ1v) is 7.83. The third kappa shape index (κ3) is 3.65. The molecule has 0 radical (unpaired) electrons. The van der Waals surface area contributed by atoms with Gasteiger partial charge in [0.1, 0.15) is 5.60 Å². The van der Waals surface area contributed by atoms with E-state index in [2.05, 4.69) is 11.9 Å². The highest BCUT2D eigenvalue weighted by atomic mass is 16.6. The molecular weight excluding hydrogens is 268 g/mol. The predicted octanol–water partition coefficient (Wildman–Crippen LogP) is 3.14. The standard InChI is InChI=1S/C16H26N2O3/c1-12-9-16(10-12,17-11-19)13-5-7-18(8-6-13)14(20)21-15(2,3)4/h12-13H,5-10H2,1-4H3. The number of hydrogen-bond acceptors (Lipinski definition) is 4. The lowest BCUT2D eigenvalue weighted by atomic mass is 9.60. The van der Waals surface area contributed by atoms with Crippen LogP contribution in [0.5, 0.6) is 0 Å². The molecule has 0 aromatic carbocycles. The SMILES string of the molecule is CC1CC(N=C=O)(C2CCN(C(=O)OC(C)(C)C)CC2)C1. The van der Waals surface area contributed by atoms with Gasteiger partial charge in [-0.2, -0.15) is 4.99 Å². The normalized spacial score (nSPS) is 30.3. The summed E-state index contributed by atoms with van der Waals surface area (Å²) in [6.45, 7) is 9.19. The van der Waals surface area contributed by atoms with Crippen LogP contribution in [0.2, 0.25) is 0 Å². The summed E-state index contributed by atoms with van der Waals surface area (Å²) in [7, 11) is 0. The molecule has 1 saturated carbocycles. The number of rotatable bonds is 2. The second-order valence-electron chi connectivity index (χ2n) is 7.56. The maximum atomic E-state index is 12.0. The quantitative estimate of drug-likeness (QED) is 0.580. The summed E-state index contributed by atoms with van der Waals surface area (Å²) in [5.74, 6) is 1.01. The third-order valence-electron chi connectivity index (χ3n) is 4.58. The van der Waals surface area contributed by atoms with Crippen molar-refractivity contribution in [3.63, 3.8) is 0 Å². The first kappa shape index (κ1) is 16.0. The Morgan fingerprint density at radius 3 is 2.29 bits per heavy atom. The molecule has 5 heteroatoms. The highest BCUT2D eigenvalue weighted by Gasteiger charge is 2.49. The minimum absolute atomic E-state index is 0.207. The van der Waals surface area contributed by atoms with E-state index in [1.54, 1.807) is 11.0 Å². The molecule has 2 rings (SSSR count). The number of carbonyl (C=O) groups excluding carboxylic acids is 2. The van der Waals surface area contributed by atoms with Crippen LogP contribution in [0, 0.1) is 11.8 Å². The molecule has 1 aliphatic heterocycles. The number of carbonyl (C=O) groups is 1. The molecule has 0 atom stereocenters. The fourth-order valence-electron chi connectivity index (χ4n) is 3.68. The molecule has 118 valence electrons. The van der Waals surface area contributed by atoms with E-state index in [0.29, 0.717) is 24.9 Å². The monoisotopic (exact) mass is 294 g/mol. The maximum Gasteiger partial charge on any atom is 0.410 e. The van der Waals surface area contributed by atoms with E-state index in [1.165, 1.54) is 0 Å². The Hall–Kier alpha value is -1.35. The molecule has 1 aliphatic carbocycles. The van der Waals surface area contributed by atoms with E-state index in [9.17, 15) is 9.59 Å². The fraction of sp³-hybridized carbons (Fsp3) is 0.875. The summed E-state index contributed by atoms with van der Waals surface area (Å²) in [6, 6.07) is 0. The van der Waals surface area contributed by atoms with E-state index >= 15 is 0 Å². The smallest absolute Gasteiger partial charge is 0.410 e. The molecule has 5 nitrogen and oxygen atoms in total. The predicted molar refractivity (Wildman–Crippen MR) is 79.8 cm³/mol. The van der Waals surface area contributed by atoms with Crippen LogP contribution in [-0.2, 0) is 9.53 Å². The average Bonchev–Trinajstić information content (AvgIpc) is 2.35. The zero-order chi connectivity index (χ0) is 15.7. The van der Waals surface area contributed by atoms with Crippen molar-refractivity contribution in [1.82, 2.24) is 4.90 Å². The second-order valence-corrected chi connectivity index (χ2v) is 7.56. The Kier molecular flexibility index (Phi) is 4.43. The van der Waals surface area contributed by atoms with Crippen LogP contribution < -0.4 is 0 Å². The molecular formula is C16H26N2O3. The number of likely N-dealkylation sites (tertiary alicyclic amines) is 1. The van der Waals surface area contributed by atoms with Crippen molar-refractivity contribution in [3.05, 3.63) is 0 Å². The van der Waals surface area contributed by atoms with Crippen molar-refractivity contribution >= 4 is 12.2 Å². The summed E-state index contributed by atoms with van der Waals surface area (Å²) in [4.78, 5) is 28.7. The maximum absolute atomic E-state index is 12.0. The Morgan fingerprint density at radius 1 is 1.29 bits per heavy atom. The van der Waals surface area contributed by atoms with Crippen LogP contribution in [0.4, 0.5) is 4.79 Å². The fourth-order valence-corrected chi connectivity index (χ4v) is 3.68. The highest BCUT2D eigenvalue weighted by Crippen LogP contribution is 2.49. The number of ether oxygens (including phenoxy) is 1. The summed E-state index contributed by atoms with van der Waals surface area (Å²) >= 11 is 0. The van der Waals surface area contributed by atoms with Gasteiger partial charge in [-0.1, -0.05) is 6.92 Å². The third-order valence-corrected chi connectivity index (χ3v) is 4.58. The van der Waals surface area contributed by atoms with Crippen LogP contribution >= 0.6 is 0 Å². The molecule has 0 aromatic rings. The Morgan fingerprint density at radius 2 is 1.86 bits per heavy atom. The van der Waals surface area contributed by atoms with Crippen molar-refractivity contribution < 1.29 is 14.3 Å². The van der Waals surface area contributed by atoms with Gasteiger partial charge in [0.25, 0.3) is 0 Å². The number of nitrogens with zero attached hydrogens (tertiary/aromatic N) is 2. The Bertz CT molecular complexity index is 435. The summed E-state index contributed by atoms with van der Waals surface area (Å²) in [6.07, 6.45) is 5.24. The van der Waals surface area contributed by atoms with Crippen LogP contribution in [0.3, 0.4) is 0 Å². The van der Waals surface area contributed by atoms with Gasteiger partial charge in [0.15, 0.2) is 0 Å². The number of aliphatic imine (C=N–C) groups is 1. The lowest BCUT2D eigenvalue weighted by Crippen LogP contribution is -2.52. The number of isocyanates is 1. The van der Waals surface area contributed by atoms with Crippen LogP contribution in [0.15, 0.2) is 4.99 Å². The van der Waals surface area contributed by atoms with Gasteiger partial charge in [-0.05, 0) is 58.3 Å². The van der Waals surface area contributed by atoms with Crippen LogP contribution in [0.1, 0.15) is 53.4 Å². The van der Waals surface area contributed by atoms with E-state index in [-0.39, 0.29) is 11.6 Å². The molecule has 0 spiro atoms. The molecule has 0 N–H and O–H groups in total. The molecule has 21 heavy (non-hydrogen) atoms. The summed E-state index contributed by atoms with van der Waals surface area (Å²) < 4.78 is 5.40. The van der Waals surface area contributed by atoms with Crippen LogP contribution in [-0.4, -0.2) is 41.3 Å². The van der Waals surface area contributed by atoms with Gasteiger partial charge in [-0.15, -0.1) is 0 Å². The Labute approximate surface area is 126 Å². The minimum atomic E-state index is -0.458. The van der Waals surface area contributed by atoms with Crippen molar-refractivity contribution in [2.45, 2.75) is 64.5 Å². The largest absolute Gasteiger partial charge is 0.444 e. The van der Waals surface area contributed by atoms with Crippen molar-refractivity contribution in [3.8, 4) is 0 Å². The van der Waals surface area contributed by atoms with Crippen molar-refractivity contribution in [2.75, 3.05) is 13.1 Å². The van der Waals surface area contributed by atoms with Gasteiger partial charge in [-0.25, -0.2) is 9.59 Å². The molecule has 2 fully saturated rings. The van der Waals surface area contributed by atoms with Crippen molar-refractivity contribution in [1.29, 1.82) is 0 Å². The lowest BCUT2D eigenvalue weighted by Gasteiger charge is -2.50. The van der Waals surface area contributed by atoms with Crippen LogP contribution in [0.25, 0.3) is 0 Å². The molecule has 1 amide bonds. The Balaban J connectivity index is 1.91.